The van der Waals surface area contributed by atoms with Gasteiger partial charge in [-0.2, -0.15) is 0 Å². The Morgan fingerprint density at radius 2 is 2.10 bits per heavy atom. The number of ether oxygens (including phenoxy) is 1. The Labute approximate surface area is 59.4 Å². The monoisotopic (exact) mass is 148 g/mol. The van der Waals surface area contributed by atoms with Crippen LogP contribution in [0.2, 0.25) is 0 Å². The van der Waals surface area contributed by atoms with Crippen LogP contribution >= 0.6 is 0 Å². The summed E-state index contributed by atoms with van der Waals surface area (Å²) >= 11 is 0. The van der Waals surface area contributed by atoms with Crippen molar-refractivity contribution in [2.24, 2.45) is 0 Å². The fraction of sp³-hybridized carbons (Fsp3) is 0.833. The predicted octanol–water partition coefficient (Wildman–Crippen LogP) is -0.361. The van der Waals surface area contributed by atoms with Gasteiger partial charge in [-0.25, -0.2) is 4.79 Å². The summed E-state index contributed by atoms with van der Waals surface area (Å²) in [4.78, 5) is 10.5. The minimum atomic E-state index is -1.17. The van der Waals surface area contributed by atoms with Crippen molar-refractivity contribution in [2.75, 3.05) is 0 Å². The molecule has 0 aliphatic heterocycles. The van der Waals surface area contributed by atoms with E-state index in [9.17, 15) is 4.79 Å². The molecule has 0 saturated carbocycles. The molecule has 0 heterocycles. The van der Waals surface area contributed by atoms with Gasteiger partial charge in [-0.3, -0.25) is 0 Å². The van der Waals surface area contributed by atoms with E-state index < -0.39 is 18.4 Å². The van der Waals surface area contributed by atoms with Crippen LogP contribution in [-0.4, -0.2) is 28.6 Å². The van der Waals surface area contributed by atoms with Gasteiger partial charge >= 0.3 is 5.97 Å². The van der Waals surface area contributed by atoms with E-state index in [4.69, 9.17) is 10.2 Å². The molecule has 60 valence electrons. The SMILES string of the molecule is CCC(O)OC(=O)C(C)O. The summed E-state index contributed by atoms with van der Waals surface area (Å²) in [6, 6.07) is 0. The van der Waals surface area contributed by atoms with E-state index in [1.807, 2.05) is 0 Å². The van der Waals surface area contributed by atoms with Crippen LogP contribution in [0.5, 0.6) is 0 Å². The van der Waals surface area contributed by atoms with Crippen molar-refractivity contribution in [2.45, 2.75) is 32.7 Å². The first-order valence-corrected chi connectivity index (χ1v) is 3.14. The summed E-state index contributed by atoms with van der Waals surface area (Å²) in [5, 5.41) is 17.3. The second-order valence-electron chi connectivity index (χ2n) is 1.98. The Morgan fingerprint density at radius 1 is 1.60 bits per heavy atom. The molecule has 0 fully saturated rings. The van der Waals surface area contributed by atoms with Gasteiger partial charge in [0.1, 0.15) is 6.10 Å². The summed E-state index contributed by atoms with van der Waals surface area (Å²) in [6.07, 6.45) is -1.93. The number of aliphatic hydroxyl groups excluding tert-OH is 2. The van der Waals surface area contributed by atoms with Crippen molar-refractivity contribution in [3.63, 3.8) is 0 Å². The second-order valence-corrected chi connectivity index (χ2v) is 1.98. The maximum Gasteiger partial charge on any atom is 0.336 e. The van der Waals surface area contributed by atoms with Gasteiger partial charge in [0, 0.05) is 6.42 Å². The molecule has 0 aliphatic rings. The van der Waals surface area contributed by atoms with Crippen molar-refractivity contribution in [1.82, 2.24) is 0 Å². The molecule has 0 saturated heterocycles. The Morgan fingerprint density at radius 3 is 2.40 bits per heavy atom. The van der Waals surface area contributed by atoms with Crippen molar-refractivity contribution < 1.29 is 19.7 Å². The molecule has 0 aromatic heterocycles. The average molecular weight is 148 g/mol. The molecule has 4 nitrogen and oxygen atoms in total. The molecule has 10 heavy (non-hydrogen) atoms. The molecule has 0 radical (unpaired) electrons. The Kier molecular flexibility index (Phi) is 3.99. The van der Waals surface area contributed by atoms with Gasteiger partial charge in [0.05, 0.1) is 0 Å². The lowest BCUT2D eigenvalue weighted by Gasteiger charge is -2.10. The van der Waals surface area contributed by atoms with Gasteiger partial charge in [0.15, 0.2) is 6.29 Å². The largest absolute Gasteiger partial charge is 0.434 e. The van der Waals surface area contributed by atoms with E-state index in [1.165, 1.54) is 6.92 Å². The molecule has 0 aliphatic carbocycles. The minimum Gasteiger partial charge on any atom is -0.434 e. The standard InChI is InChI=1S/C6H12O4/c1-3-5(8)10-6(9)4(2)7/h4-5,7-8H,3H2,1-2H3. The molecule has 0 aromatic rings. The third-order valence-electron chi connectivity index (χ3n) is 0.943. The highest BCUT2D eigenvalue weighted by atomic mass is 16.6. The number of esters is 1. The molecule has 2 atom stereocenters. The number of hydrogen-bond donors (Lipinski definition) is 2. The molecule has 4 heteroatoms. The van der Waals surface area contributed by atoms with Gasteiger partial charge in [0.2, 0.25) is 0 Å². The molecule has 2 unspecified atom stereocenters. The highest BCUT2D eigenvalue weighted by molar-refractivity contribution is 5.73. The van der Waals surface area contributed by atoms with Gasteiger partial charge in [0.25, 0.3) is 0 Å². The molecule has 0 rings (SSSR count). The Bertz CT molecular complexity index is 110. The van der Waals surface area contributed by atoms with Crippen LogP contribution in [0.4, 0.5) is 0 Å². The first kappa shape index (κ1) is 9.39. The molecular weight excluding hydrogens is 136 g/mol. The van der Waals surface area contributed by atoms with E-state index >= 15 is 0 Å². The van der Waals surface area contributed by atoms with Gasteiger partial charge in [-0.1, -0.05) is 6.92 Å². The molecule has 0 amide bonds. The van der Waals surface area contributed by atoms with Crippen molar-refractivity contribution in [3.8, 4) is 0 Å². The van der Waals surface area contributed by atoms with Crippen LogP contribution in [0.15, 0.2) is 0 Å². The average Bonchev–Trinajstić information content (AvgIpc) is 1.87. The summed E-state index contributed by atoms with van der Waals surface area (Å²) in [7, 11) is 0. The topological polar surface area (TPSA) is 66.8 Å². The normalized spacial score (nSPS) is 16.0. The van der Waals surface area contributed by atoms with E-state index in [0.717, 1.165) is 0 Å². The highest BCUT2D eigenvalue weighted by Crippen LogP contribution is 1.95. The lowest BCUT2D eigenvalue weighted by atomic mass is 10.4. The molecule has 2 N–H and O–H groups in total. The maximum absolute atomic E-state index is 10.5. The maximum atomic E-state index is 10.5. The van der Waals surface area contributed by atoms with Crippen LogP contribution in [0, 0.1) is 0 Å². The zero-order valence-corrected chi connectivity index (χ0v) is 6.07. The third kappa shape index (κ3) is 3.42. The molecular formula is C6H12O4. The predicted molar refractivity (Wildman–Crippen MR) is 34.1 cm³/mol. The number of aliphatic hydroxyl groups is 2. The fourth-order valence-electron chi connectivity index (χ4n) is 0.316. The van der Waals surface area contributed by atoms with E-state index in [2.05, 4.69) is 4.74 Å². The van der Waals surface area contributed by atoms with E-state index in [0.29, 0.717) is 6.42 Å². The zero-order chi connectivity index (χ0) is 8.15. The molecule has 0 aromatic carbocycles. The summed E-state index contributed by atoms with van der Waals surface area (Å²) in [6.45, 7) is 2.95. The third-order valence-corrected chi connectivity index (χ3v) is 0.943. The van der Waals surface area contributed by atoms with E-state index in [-0.39, 0.29) is 0 Å². The van der Waals surface area contributed by atoms with Crippen LogP contribution in [0.25, 0.3) is 0 Å². The first-order chi connectivity index (χ1) is 4.57. The Hall–Kier alpha value is -0.610. The Balaban J connectivity index is 3.57. The zero-order valence-electron chi connectivity index (χ0n) is 6.07. The van der Waals surface area contributed by atoms with Crippen LogP contribution < -0.4 is 0 Å². The summed E-state index contributed by atoms with van der Waals surface area (Å²) in [5.41, 5.74) is 0. The van der Waals surface area contributed by atoms with Crippen LogP contribution in [0.1, 0.15) is 20.3 Å². The smallest absolute Gasteiger partial charge is 0.336 e. The molecule has 0 spiro atoms. The van der Waals surface area contributed by atoms with Gasteiger partial charge in [-0.05, 0) is 6.92 Å². The lowest BCUT2D eigenvalue weighted by Crippen LogP contribution is -2.25. The van der Waals surface area contributed by atoms with Crippen molar-refractivity contribution >= 4 is 5.97 Å². The van der Waals surface area contributed by atoms with Crippen molar-refractivity contribution in [1.29, 1.82) is 0 Å². The first-order valence-electron chi connectivity index (χ1n) is 3.14. The van der Waals surface area contributed by atoms with Crippen molar-refractivity contribution in [3.05, 3.63) is 0 Å². The lowest BCUT2D eigenvalue weighted by molar-refractivity contribution is -0.176. The number of hydrogen-bond acceptors (Lipinski definition) is 4. The highest BCUT2D eigenvalue weighted by Gasteiger charge is 2.13. The van der Waals surface area contributed by atoms with Crippen LogP contribution in [0.3, 0.4) is 0 Å². The van der Waals surface area contributed by atoms with Crippen LogP contribution in [-0.2, 0) is 9.53 Å². The summed E-state index contributed by atoms with van der Waals surface area (Å²) in [5.74, 6) is -0.797. The second kappa shape index (κ2) is 4.24. The van der Waals surface area contributed by atoms with E-state index in [1.54, 1.807) is 6.92 Å². The molecule has 0 bridgehead atoms. The fourth-order valence-corrected chi connectivity index (χ4v) is 0.316. The summed E-state index contributed by atoms with van der Waals surface area (Å²) < 4.78 is 4.33. The van der Waals surface area contributed by atoms with Gasteiger partial charge < -0.3 is 14.9 Å². The quantitative estimate of drug-likeness (QED) is 0.423. The number of carbonyl (C=O) groups is 1. The number of carbonyl (C=O) groups excluding carboxylic acids is 1. The van der Waals surface area contributed by atoms with Gasteiger partial charge in [-0.15, -0.1) is 0 Å². The number of rotatable bonds is 3. The minimum absolute atomic E-state index is 0.332.